The van der Waals surface area contributed by atoms with Crippen molar-refractivity contribution in [3.8, 4) is 11.4 Å². The van der Waals surface area contributed by atoms with E-state index in [-0.39, 0.29) is 17.9 Å². The van der Waals surface area contributed by atoms with Crippen LogP contribution in [0.2, 0.25) is 0 Å². The second-order valence-electron chi connectivity index (χ2n) is 11.0. The van der Waals surface area contributed by atoms with Crippen LogP contribution >= 0.6 is 0 Å². The molecule has 6 rings (SSSR count). The van der Waals surface area contributed by atoms with Crippen molar-refractivity contribution in [3.63, 3.8) is 0 Å². The first-order chi connectivity index (χ1) is 19.0. The number of hydrogen-bond donors (Lipinski definition) is 2. The Labute approximate surface area is 227 Å². The summed E-state index contributed by atoms with van der Waals surface area (Å²) in [7, 11) is 0. The zero-order valence-corrected chi connectivity index (χ0v) is 21.5. The lowest BCUT2D eigenvalue weighted by Crippen LogP contribution is -2.49. The van der Waals surface area contributed by atoms with Crippen LogP contribution in [0.4, 0.5) is 27.6 Å². The number of nitrogens with one attached hydrogen (secondary N) is 1. The third-order valence-electron chi connectivity index (χ3n) is 8.68. The van der Waals surface area contributed by atoms with Crippen molar-refractivity contribution in [1.82, 2.24) is 9.78 Å². The first-order valence-electron chi connectivity index (χ1n) is 13.1. The van der Waals surface area contributed by atoms with E-state index in [0.29, 0.717) is 24.9 Å². The minimum absolute atomic E-state index is 0.0181. The highest BCUT2D eigenvalue weighted by atomic mass is 19.4. The van der Waals surface area contributed by atoms with E-state index in [2.05, 4.69) is 10.4 Å². The number of aromatic hydroxyl groups is 1. The Morgan fingerprint density at radius 3 is 2.60 bits per heavy atom. The monoisotopic (exact) mass is 555 g/mol. The molecule has 3 aliphatic rings. The molecular weight excluding hydrogens is 529 g/mol. The molecule has 0 bridgehead atoms. The Kier molecular flexibility index (Phi) is 6.12. The summed E-state index contributed by atoms with van der Waals surface area (Å²) in [5.41, 5.74) is 3.71. The van der Waals surface area contributed by atoms with E-state index in [1.54, 1.807) is 29.1 Å². The molecule has 1 fully saturated rings. The number of fused-ring (bicyclic) bond motifs is 4. The number of allylic oxidation sites excluding steroid dienone is 3. The Hall–Kier alpha value is -3.95. The van der Waals surface area contributed by atoms with Crippen molar-refractivity contribution < 1.29 is 31.9 Å². The maximum absolute atomic E-state index is 14.2. The number of amides is 1. The summed E-state index contributed by atoms with van der Waals surface area (Å²) in [4.78, 5) is 13.4. The van der Waals surface area contributed by atoms with Crippen molar-refractivity contribution in [2.75, 3.05) is 5.32 Å². The topological polar surface area (TPSA) is 67.2 Å². The van der Waals surface area contributed by atoms with Crippen LogP contribution in [0.25, 0.3) is 11.8 Å². The zero-order valence-electron chi connectivity index (χ0n) is 21.5. The van der Waals surface area contributed by atoms with Gasteiger partial charge in [0.05, 0.1) is 29.4 Å². The van der Waals surface area contributed by atoms with Gasteiger partial charge in [0.2, 0.25) is 5.91 Å². The highest BCUT2D eigenvalue weighted by Crippen LogP contribution is 2.59. The minimum atomic E-state index is -4.60. The van der Waals surface area contributed by atoms with E-state index in [1.807, 2.05) is 13.0 Å². The summed E-state index contributed by atoms with van der Waals surface area (Å²) >= 11 is 0. The molecule has 40 heavy (non-hydrogen) atoms. The fourth-order valence-electron chi connectivity index (χ4n) is 6.74. The smallest absolute Gasteiger partial charge is 0.392 e. The van der Waals surface area contributed by atoms with Gasteiger partial charge in [0.15, 0.2) is 11.6 Å². The molecule has 1 aromatic heterocycles. The molecule has 1 amide bonds. The third kappa shape index (κ3) is 4.30. The molecular formula is C30H26F5N3O2. The number of alkyl halides is 3. The molecule has 0 spiro atoms. The van der Waals surface area contributed by atoms with E-state index in [9.17, 15) is 31.9 Å². The number of halogens is 5. The molecule has 3 aromatic rings. The van der Waals surface area contributed by atoms with E-state index in [4.69, 9.17) is 0 Å². The molecule has 5 nitrogen and oxygen atoms in total. The van der Waals surface area contributed by atoms with Crippen molar-refractivity contribution in [1.29, 1.82) is 0 Å². The van der Waals surface area contributed by atoms with Crippen LogP contribution in [0.3, 0.4) is 0 Å². The van der Waals surface area contributed by atoms with Gasteiger partial charge in [0.25, 0.3) is 0 Å². The predicted octanol–water partition coefficient (Wildman–Crippen LogP) is 6.98. The van der Waals surface area contributed by atoms with E-state index >= 15 is 0 Å². The van der Waals surface area contributed by atoms with Crippen LogP contribution in [0.15, 0.2) is 65.9 Å². The van der Waals surface area contributed by atoms with E-state index in [1.165, 1.54) is 18.2 Å². The van der Waals surface area contributed by atoms with Crippen LogP contribution in [-0.4, -0.2) is 27.0 Å². The van der Waals surface area contributed by atoms with Crippen LogP contribution in [-0.2, 0) is 11.2 Å². The molecule has 208 valence electrons. The van der Waals surface area contributed by atoms with Gasteiger partial charge in [-0.1, -0.05) is 24.1 Å². The third-order valence-corrected chi connectivity index (χ3v) is 8.68. The fraction of sp³-hybridized carbons (Fsp3) is 0.333. The molecule has 2 N–H and O–H groups in total. The Bertz CT molecular complexity index is 1560. The van der Waals surface area contributed by atoms with Gasteiger partial charge < -0.3 is 10.4 Å². The summed E-state index contributed by atoms with van der Waals surface area (Å²) < 4.78 is 71.8. The molecule has 1 saturated carbocycles. The number of hydrogen-bond acceptors (Lipinski definition) is 3. The van der Waals surface area contributed by atoms with Gasteiger partial charge in [-0.05, 0) is 79.6 Å². The molecule has 0 unspecified atom stereocenters. The summed E-state index contributed by atoms with van der Waals surface area (Å²) in [6.07, 6.45) is 1.83. The number of nitrogens with zero attached hydrogens (tertiary/aromatic N) is 2. The van der Waals surface area contributed by atoms with E-state index in [0.717, 1.165) is 34.5 Å². The number of aromatic nitrogens is 2. The van der Waals surface area contributed by atoms with Crippen molar-refractivity contribution in [2.24, 2.45) is 23.2 Å². The second-order valence-corrected chi connectivity index (χ2v) is 11.0. The maximum atomic E-state index is 14.2. The summed E-state index contributed by atoms with van der Waals surface area (Å²) in [6, 6.07) is 9.17. The van der Waals surface area contributed by atoms with Crippen molar-refractivity contribution in [2.45, 2.75) is 38.8 Å². The standard InChI is InChI=1S/C30H26F5N3O2/c1-29-14-16-15-36-38(20-6-3-18(31)4-7-20)25(16)12-17(29)2-8-21-22(29)9-10-23(30(33,34)35)27(21)28(40)37-19-5-11-26(39)24(32)13-19/h3-7,9,11-13,15,21,23,27,39H,2,8,10,14H2,1H3,(H,37,40)/t21-,23+,27+,29-/m0/s1. The molecule has 2 aromatic carbocycles. The molecule has 4 atom stereocenters. The Morgan fingerprint density at radius 2 is 1.90 bits per heavy atom. The van der Waals surface area contributed by atoms with Gasteiger partial charge in [-0.15, -0.1) is 0 Å². The number of benzene rings is 2. The SMILES string of the molecule is C[C@]12Cc3cnn(-c4ccc(F)cc4)c3C=C1CC[C@H]1C2=CC[C@@H](C(F)(F)F)[C@@H]1C(=O)Nc1ccc(O)c(F)c1. The van der Waals surface area contributed by atoms with Gasteiger partial charge in [-0.25, -0.2) is 13.5 Å². The minimum Gasteiger partial charge on any atom is -0.505 e. The van der Waals surface area contributed by atoms with Crippen molar-refractivity contribution in [3.05, 3.63) is 88.8 Å². The first-order valence-corrected chi connectivity index (χ1v) is 13.1. The average Bonchev–Trinajstić information content (AvgIpc) is 3.30. The zero-order chi connectivity index (χ0) is 28.4. The van der Waals surface area contributed by atoms with Crippen LogP contribution < -0.4 is 5.32 Å². The highest BCUT2D eigenvalue weighted by molar-refractivity contribution is 5.93. The molecule has 3 aliphatic carbocycles. The summed E-state index contributed by atoms with van der Waals surface area (Å²) in [5, 5.41) is 16.4. The second kappa shape index (κ2) is 9.31. The predicted molar refractivity (Wildman–Crippen MR) is 138 cm³/mol. The number of carbonyl (C=O) groups excluding carboxylic acids is 1. The lowest BCUT2D eigenvalue weighted by Gasteiger charge is -2.50. The van der Waals surface area contributed by atoms with Gasteiger partial charge in [0, 0.05) is 17.2 Å². The van der Waals surface area contributed by atoms with Crippen LogP contribution in [0, 0.1) is 34.8 Å². The summed E-state index contributed by atoms with van der Waals surface area (Å²) in [5.74, 6) is -6.69. The Morgan fingerprint density at radius 1 is 1.15 bits per heavy atom. The van der Waals surface area contributed by atoms with Gasteiger partial charge >= 0.3 is 6.18 Å². The molecule has 0 saturated heterocycles. The number of carbonyl (C=O) groups is 1. The largest absolute Gasteiger partial charge is 0.505 e. The lowest BCUT2D eigenvalue weighted by atomic mass is 9.54. The fourth-order valence-corrected chi connectivity index (χ4v) is 6.74. The average molecular weight is 556 g/mol. The normalized spacial score (nSPS) is 25.7. The number of phenols is 1. The number of anilines is 1. The number of rotatable bonds is 3. The molecule has 1 heterocycles. The van der Waals surface area contributed by atoms with Gasteiger partial charge in [0.1, 0.15) is 5.82 Å². The van der Waals surface area contributed by atoms with Gasteiger partial charge in [-0.3, -0.25) is 4.79 Å². The molecule has 10 heteroatoms. The molecule has 0 radical (unpaired) electrons. The molecule has 0 aliphatic heterocycles. The first kappa shape index (κ1) is 26.3. The van der Waals surface area contributed by atoms with Crippen molar-refractivity contribution >= 4 is 17.7 Å². The van der Waals surface area contributed by atoms with Crippen LogP contribution in [0.5, 0.6) is 5.75 Å². The quantitative estimate of drug-likeness (QED) is 0.208. The van der Waals surface area contributed by atoms with E-state index < -0.39 is 46.8 Å². The number of phenolic OH excluding ortho intramolecular Hbond substituents is 1. The Balaban J connectivity index is 1.35. The summed E-state index contributed by atoms with van der Waals surface area (Å²) in [6.45, 7) is 2.01. The van der Waals surface area contributed by atoms with Gasteiger partial charge in [-0.2, -0.15) is 18.3 Å². The maximum Gasteiger partial charge on any atom is 0.392 e. The van der Waals surface area contributed by atoms with Crippen LogP contribution in [0.1, 0.15) is 37.4 Å². The highest BCUT2D eigenvalue weighted by Gasteiger charge is 2.56. The lowest BCUT2D eigenvalue weighted by molar-refractivity contribution is -0.196.